The molecule has 1 N–H and O–H groups in total. The van der Waals surface area contributed by atoms with Gasteiger partial charge in [0.2, 0.25) is 6.79 Å². The zero-order chi connectivity index (χ0) is 14.2. The number of benzene rings is 1. The minimum absolute atomic E-state index is 0.319. The molecule has 1 aromatic heterocycles. The Balaban J connectivity index is 1.40. The summed E-state index contributed by atoms with van der Waals surface area (Å²) in [4.78, 5) is 3.03. The van der Waals surface area contributed by atoms with Crippen LogP contribution in [0.2, 0.25) is 0 Å². The van der Waals surface area contributed by atoms with Gasteiger partial charge >= 0.3 is 0 Å². The smallest absolute Gasteiger partial charge is 0.231 e. The van der Waals surface area contributed by atoms with Crippen LogP contribution in [0.5, 0.6) is 11.5 Å². The van der Waals surface area contributed by atoms with Crippen molar-refractivity contribution in [3.8, 4) is 11.5 Å². The molecule has 0 amide bonds. The predicted octanol–water partition coefficient (Wildman–Crippen LogP) is 4.02. The zero-order valence-electron chi connectivity index (χ0n) is 11.6. The molecular formula is C16H16BrNO2S. The highest BCUT2D eigenvalue weighted by molar-refractivity contribution is 9.10. The van der Waals surface area contributed by atoms with E-state index in [1.807, 2.05) is 23.5 Å². The second kappa shape index (κ2) is 5.63. The fourth-order valence-electron chi connectivity index (χ4n) is 2.89. The van der Waals surface area contributed by atoms with Gasteiger partial charge in [0.25, 0.3) is 0 Å². The molecule has 1 aliphatic carbocycles. The molecule has 21 heavy (non-hydrogen) atoms. The first kappa shape index (κ1) is 13.6. The lowest BCUT2D eigenvalue weighted by Crippen LogP contribution is -2.12. The van der Waals surface area contributed by atoms with E-state index in [2.05, 4.69) is 27.3 Å². The van der Waals surface area contributed by atoms with Gasteiger partial charge in [-0.25, -0.2) is 0 Å². The monoisotopic (exact) mass is 365 g/mol. The first-order valence-corrected chi connectivity index (χ1v) is 8.80. The molecule has 0 spiro atoms. The van der Waals surface area contributed by atoms with Gasteiger partial charge in [0, 0.05) is 27.3 Å². The molecule has 2 aromatic rings. The van der Waals surface area contributed by atoms with Crippen LogP contribution in [0.4, 0.5) is 0 Å². The maximum Gasteiger partial charge on any atom is 0.231 e. The summed E-state index contributed by atoms with van der Waals surface area (Å²) in [6, 6.07) is 6.40. The molecule has 5 heteroatoms. The van der Waals surface area contributed by atoms with Gasteiger partial charge in [-0.2, -0.15) is 0 Å². The largest absolute Gasteiger partial charge is 0.454 e. The lowest BCUT2D eigenvalue weighted by atomic mass is 10.2. The quantitative estimate of drug-likeness (QED) is 0.887. The second-order valence-corrected chi connectivity index (χ2v) is 7.49. The average Bonchev–Trinajstić information content (AvgIpc) is 3.13. The molecule has 4 rings (SSSR count). The van der Waals surface area contributed by atoms with Crippen LogP contribution in [-0.2, 0) is 25.9 Å². The summed E-state index contributed by atoms with van der Waals surface area (Å²) in [7, 11) is 0. The SMILES string of the molecule is Brc1cc2c(cc1CNCc1cc3c(s1)CCC3)OCO2. The van der Waals surface area contributed by atoms with Crippen LogP contribution in [0, 0.1) is 0 Å². The summed E-state index contributed by atoms with van der Waals surface area (Å²) in [6.45, 7) is 2.07. The number of aryl methyl sites for hydroxylation is 2. The van der Waals surface area contributed by atoms with Gasteiger partial charge in [-0.1, -0.05) is 15.9 Å². The number of fused-ring (bicyclic) bond motifs is 2. The van der Waals surface area contributed by atoms with Crippen LogP contribution in [0.1, 0.15) is 27.3 Å². The molecule has 0 fully saturated rings. The Morgan fingerprint density at radius 3 is 2.81 bits per heavy atom. The van der Waals surface area contributed by atoms with Crippen molar-refractivity contribution in [1.82, 2.24) is 5.32 Å². The third-order valence-corrected chi connectivity index (χ3v) is 5.93. The molecule has 0 radical (unpaired) electrons. The summed E-state index contributed by atoms with van der Waals surface area (Å²) in [5, 5.41) is 3.52. The molecule has 1 aromatic carbocycles. The van der Waals surface area contributed by atoms with E-state index < -0.39 is 0 Å². The van der Waals surface area contributed by atoms with Crippen molar-refractivity contribution >= 4 is 27.3 Å². The molecule has 3 nitrogen and oxygen atoms in total. The lowest BCUT2D eigenvalue weighted by Gasteiger charge is -2.07. The van der Waals surface area contributed by atoms with Crippen molar-refractivity contribution in [2.45, 2.75) is 32.4 Å². The molecule has 2 aliphatic rings. The van der Waals surface area contributed by atoms with Crippen LogP contribution in [0.25, 0.3) is 0 Å². The first-order chi connectivity index (χ1) is 10.3. The van der Waals surface area contributed by atoms with Crippen LogP contribution in [-0.4, -0.2) is 6.79 Å². The normalized spacial score (nSPS) is 15.5. The van der Waals surface area contributed by atoms with Crippen molar-refractivity contribution in [2.75, 3.05) is 6.79 Å². The average molecular weight is 366 g/mol. The van der Waals surface area contributed by atoms with Gasteiger partial charge in [-0.3, -0.25) is 0 Å². The molecule has 0 atom stereocenters. The fourth-order valence-corrected chi connectivity index (χ4v) is 4.59. The van der Waals surface area contributed by atoms with Gasteiger partial charge < -0.3 is 14.8 Å². The molecule has 0 saturated carbocycles. The van der Waals surface area contributed by atoms with E-state index in [4.69, 9.17) is 9.47 Å². The zero-order valence-corrected chi connectivity index (χ0v) is 14.0. The second-order valence-electron chi connectivity index (χ2n) is 5.42. The van der Waals surface area contributed by atoms with Crippen LogP contribution in [0.15, 0.2) is 22.7 Å². The summed E-state index contributed by atoms with van der Waals surface area (Å²) >= 11 is 5.56. The minimum Gasteiger partial charge on any atom is -0.454 e. The maximum atomic E-state index is 5.43. The van der Waals surface area contributed by atoms with E-state index in [9.17, 15) is 0 Å². The van der Waals surface area contributed by atoms with Gasteiger partial charge in [0.1, 0.15) is 0 Å². The van der Waals surface area contributed by atoms with E-state index in [0.29, 0.717) is 6.79 Å². The van der Waals surface area contributed by atoms with Gasteiger partial charge in [0.15, 0.2) is 11.5 Å². The Morgan fingerprint density at radius 1 is 1.10 bits per heavy atom. The Labute approximate surface area is 136 Å². The van der Waals surface area contributed by atoms with E-state index in [-0.39, 0.29) is 0 Å². The number of hydrogen-bond acceptors (Lipinski definition) is 4. The third-order valence-electron chi connectivity index (χ3n) is 3.95. The van der Waals surface area contributed by atoms with Crippen LogP contribution < -0.4 is 14.8 Å². The predicted molar refractivity (Wildman–Crippen MR) is 87.2 cm³/mol. The van der Waals surface area contributed by atoms with E-state index in [1.54, 1.807) is 10.4 Å². The van der Waals surface area contributed by atoms with E-state index in [1.165, 1.54) is 29.7 Å². The Kier molecular flexibility index (Phi) is 3.65. The number of nitrogens with one attached hydrogen (secondary N) is 1. The van der Waals surface area contributed by atoms with Crippen molar-refractivity contribution in [3.63, 3.8) is 0 Å². The highest BCUT2D eigenvalue weighted by Crippen LogP contribution is 2.37. The van der Waals surface area contributed by atoms with E-state index >= 15 is 0 Å². The fraction of sp³-hybridized carbons (Fsp3) is 0.375. The molecular weight excluding hydrogens is 350 g/mol. The van der Waals surface area contributed by atoms with Gasteiger partial charge in [0.05, 0.1) is 0 Å². The minimum atomic E-state index is 0.319. The Bertz CT molecular complexity index is 662. The highest BCUT2D eigenvalue weighted by atomic mass is 79.9. The summed E-state index contributed by atoms with van der Waals surface area (Å²) in [5.41, 5.74) is 2.77. The Hall–Kier alpha value is -1.04. The van der Waals surface area contributed by atoms with Gasteiger partial charge in [-0.05, 0) is 48.6 Å². The number of thiophene rings is 1. The van der Waals surface area contributed by atoms with Crippen molar-refractivity contribution in [2.24, 2.45) is 0 Å². The number of hydrogen-bond donors (Lipinski definition) is 1. The molecule has 0 bridgehead atoms. The van der Waals surface area contributed by atoms with Crippen LogP contribution >= 0.6 is 27.3 Å². The lowest BCUT2D eigenvalue weighted by molar-refractivity contribution is 0.174. The van der Waals surface area contributed by atoms with Crippen molar-refractivity contribution in [1.29, 1.82) is 0 Å². The molecule has 110 valence electrons. The molecule has 0 saturated heterocycles. The van der Waals surface area contributed by atoms with Crippen molar-refractivity contribution < 1.29 is 9.47 Å². The summed E-state index contributed by atoms with van der Waals surface area (Å²) in [5.74, 6) is 1.66. The van der Waals surface area contributed by atoms with Crippen LogP contribution in [0.3, 0.4) is 0 Å². The molecule has 2 heterocycles. The topological polar surface area (TPSA) is 30.5 Å². The maximum absolute atomic E-state index is 5.43. The number of ether oxygens (including phenoxy) is 2. The molecule has 1 aliphatic heterocycles. The van der Waals surface area contributed by atoms with E-state index in [0.717, 1.165) is 29.1 Å². The number of rotatable bonds is 4. The third kappa shape index (κ3) is 2.70. The Morgan fingerprint density at radius 2 is 1.95 bits per heavy atom. The van der Waals surface area contributed by atoms with Crippen molar-refractivity contribution in [3.05, 3.63) is 43.6 Å². The summed E-state index contributed by atoms with van der Waals surface area (Å²) < 4.78 is 11.9. The van der Waals surface area contributed by atoms with Gasteiger partial charge in [-0.15, -0.1) is 11.3 Å². The first-order valence-electron chi connectivity index (χ1n) is 7.19. The standard InChI is InChI=1S/C16H16BrNO2S/c17-13-6-15-14(19-9-20-15)5-11(13)7-18-8-12-4-10-2-1-3-16(10)21-12/h4-6,18H,1-3,7-9H2. The summed E-state index contributed by atoms with van der Waals surface area (Å²) in [6.07, 6.45) is 3.87. The highest BCUT2D eigenvalue weighted by Gasteiger charge is 2.17. The number of halogens is 1. The molecule has 0 unspecified atom stereocenters.